The zero-order valence-corrected chi connectivity index (χ0v) is 13.5. The van der Waals surface area contributed by atoms with Crippen molar-refractivity contribution in [1.29, 1.82) is 0 Å². The van der Waals surface area contributed by atoms with Gasteiger partial charge < -0.3 is 9.64 Å². The summed E-state index contributed by atoms with van der Waals surface area (Å²) in [6, 6.07) is 21.9. The van der Waals surface area contributed by atoms with Crippen LogP contribution in [0.1, 0.15) is 17.5 Å². The number of benzene rings is 2. The van der Waals surface area contributed by atoms with E-state index in [0.29, 0.717) is 5.92 Å². The van der Waals surface area contributed by atoms with Gasteiger partial charge in [-0.25, -0.2) is 0 Å². The highest BCUT2D eigenvalue weighted by atomic mass is 16.5. The molecule has 2 aromatic carbocycles. The smallest absolute Gasteiger partial charge is 0.0589 e. The van der Waals surface area contributed by atoms with Crippen LogP contribution in [0.2, 0.25) is 0 Å². The molecular formula is C20H25NO. The van der Waals surface area contributed by atoms with Gasteiger partial charge in [0.2, 0.25) is 0 Å². The minimum absolute atomic E-state index is 0.198. The van der Waals surface area contributed by atoms with E-state index in [4.69, 9.17) is 4.74 Å². The average Bonchev–Trinajstić information content (AvgIpc) is 3.29. The molecule has 0 radical (unpaired) electrons. The molecule has 0 spiro atoms. The predicted octanol–water partition coefficient (Wildman–Crippen LogP) is 3.57. The molecule has 22 heavy (non-hydrogen) atoms. The molecule has 0 heterocycles. The second-order valence-electron chi connectivity index (χ2n) is 6.36. The van der Waals surface area contributed by atoms with Crippen LogP contribution in [0.25, 0.3) is 0 Å². The van der Waals surface area contributed by atoms with Gasteiger partial charge in [-0.2, -0.15) is 0 Å². The number of nitrogens with zero attached hydrogens (tertiary/aromatic N) is 1. The van der Waals surface area contributed by atoms with E-state index in [-0.39, 0.29) is 5.41 Å². The van der Waals surface area contributed by atoms with E-state index in [1.54, 1.807) is 7.11 Å². The van der Waals surface area contributed by atoms with Gasteiger partial charge in [0.25, 0.3) is 0 Å². The third-order valence-corrected chi connectivity index (χ3v) is 4.89. The first-order chi connectivity index (χ1) is 10.8. The van der Waals surface area contributed by atoms with E-state index in [9.17, 15) is 0 Å². The molecule has 0 amide bonds. The van der Waals surface area contributed by atoms with Gasteiger partial charge in [0.15, 0.2) is 0 Å². The molecule has 1 atom stereocenters. The second kappa shape index (κ2) is 6.64. The molecule has 3 rings (SSSR count). The summed E-state index contributed by atoms with van der Waals surface area (Å²) in [6.07, 6.45) is 1.23. The highest BCUT2D eigenvalue weighted by Gasteiger charge is 2.56. The van der Waals surface area contributed by atoms with Gasteiger partial charge in [-0.3, -0.25) is 0 Å². The standard InChI is InChI=1S/C20H25NO/c1-21(13-14-22-2)16-19-15-20(19,17-9-5-3-6-10-17)18-11-7-4-8-12-18/h3-12,19H,13-16H2,1-2H3/t19-/m1/s1. The van der Waals surface area contributed by atoms with Crippen molar-refractivity contribution in [2.24, 2.45) is 5.92 Å². The minimum atomic E-state index is 0.198. The van der Waals surface area contributed by atoms with Crippen molar-refractivity contribution < 1.29 is 4.74 Å². The summed E-state index contributed by atoms with van der Waals surface area (Å²) in [5.41, 5.74) is 3.10. The topological polar surface area (TPSA) is 12.5 Å². The minimum Gasteiger partial charge on any atom is -0.383 e. The van der Waals surface area contributed by atoms with Crippen LogP contribution < -0.4 is 0 Å². The fourth-order valence-corrected chi connectivity index (χ4v) is 3.61. The van der Waals surface area contributed by atoms with Crippen LogP contribution in [-0.4, -0.2) is 38.8 Å². The Morgan fingerprint density at radius 1 is 1.00 bits per heavy atom. The lowest BCUT2D eigenvalue weighted by atomic mass is 9.85. The maximum Gasteiger partial charge on any atom is 0.0589 e. The fourth-order valence-electron chi connectivity index (χ4n) is 3.61. The van der Waals surface area contributed by atoms with Gasteiger partial charge in [0, 0.05) is 25.6 Å². The second-order valence-corrected chi connectivity index (χ2v) is 6.36. The van der Waals surface area contributed by atoms with E-state index >= 15 is 0 Å². The van der Waals surface area contributed by atoms with Crippen molar-refractivity contribution in [2.75, 3.05) is 33.9 Å². The third kappa shape index (κ3) is 2.94. The normalized spacial score (nSPS) is 19.3. The van der Waals surface area contributed by atoms with E-state index in [1.165, 1.54) is 17.5 Å². The van der Waals surface area contributed by atoms with Crippen LogP contribution in [0, 0.1) is 5.92 Å². The first-order valence-corrected chi connectivity index (χ1v) is 8.06. The molecule has 0 saturated heterocycles. The van der Waals surface area contributed by atoms with Gasteiger partial charge in [-0.1, -0.05) is 60.7 Å². The Morgan fingerprint density at radius 2 is 1.55 bits per heavy atom. The highest BCUT2D eigenvalue weighted by molar-refractivity contribution is 5.47. The van der Waals surface area contributed by atoms with Crippen molar-refractivity contribution in [3.05, 3.63) is 71.8 Å². The Hall–Kier alpha value is -1.64. The van der Waals surface area contributed by atoms with Crippen molar-refractivity contribution in [2.45, 2.75) is 11.8 Å². The Kier molecular flexibility index (Phi) is 4.60. The molecule has 0 aliphatic heterocycles. The Morgan fingerprint density at radius 3 is 2.05 bits per heavy atom. The zero-order chi connectivity index (χ0) is 15.4. The van der Waals surface area contributed by atoms with Gasteiger partial charge in [-0.15, -0.1) is 0 Å². The van der Waals surface area contributed by atoms with Crippen LogP contribution >= 0.6 is 0 Å². The summed E-state index contributed by atoms with van der Waals surface area (Å²) >= 11 is 0. The van der Waals surface area contributed by atoms with Crippen molar-refractivity contribution in [3.63, 3.8) is 0 Å². The monoisotopic (exact) mass is 295 g/mol. The lowest BCUT2D eigenvalue weighted by Gasteiger charge is -2.22. The Balaban J connectivity index is 1.82. The fraction of sp³-hybridized carbons (Fsp3) is 0.400. The number of ether oxygens (including phenoxy) is 1. The molecule has 1 aliphatic rings. The molecule has 1 aliphatic carbocycles. The molecule has 2 aromatic rings. The molecule has 0 N–H and O–H groups in total. The molecule has 116 valence electrons. The average molecular weight is 295 g/mol. The SMILES string of the molecule is COCCN(C)C[C@H]1CC1(c1ccccc1)c1ccccc1. The number of likely N-dealkylation sites (N-methyl/N-ethyl adjacent to an activating group) is 1. The van der Waals surface area contributed by atoms with Crippen LogP contribution in [-0.2, 0) is 10.2 Å². The lowest BCUT2D eigenvalue weighted by molar-refractivity contribution is 0.158. The predicted molar refractivity (Wildman–Crippen MR) is 91.1 cm³/mol. The molecule has 0 unspecified atom stereocenters. The molecule has 2 nitrogen and oxygen atoms in total. The van der Waals surface area contributed by atoms with Crippen LogP contribution in [0.5, 0.6) is 0 Å². The van der Waals surface area contributed by atoms with Gasteiger partial charge in [-0.05, 0) is 30.5 Å². The Bertz CT molecular complexity index is 542. The maximum absolute atomic E-state index is 5.19. The molecule has 0 aromatic heterocycles. The van der Waals surface area contributed by atoms with Crippen LogP contribution in [0.15, 0.2) is 60.7 Å². The van der Waals surface area contributed by atoms with Crippen molar-refractivity contribution in [1.82, 2.24) is 4.90 Å². The zero-order valence-electron chi connectivity index (χ0n) is 13.5. The molecular weight excluding hydrogens is 270 g/mol. The first-order valence-electron chi connectivity index (χ1n) is 8.06. The number of rotatable bonds is 7. The number of hydrogen-bond acceptors (Lipinski definition) is 2. The summed E-state index contributed by atoms with van der Waals surface area (Å²) in [5.74, 6) is 0.680. The number of hydrogen-bond donors (Lipinski definition) is 0. The quantitative estimate of drug-likeness (QED) is 0.774. The van der Waals surface area contributed by atoms with Crippen LogP contribution in [0.3, 0.4) is 0 Å². The van der Waals surface area contributed by atoms with E-state index in [0.717, 1.165) is 19.7 Å². The first kappa shape index (κ1) is 15.3. The maximum atomic E-state index is 5.19. The summed E-state index contributed by atoms with van der Waals surface area (Å²) in [7, 11) is 3.96. The van der Waals surface area contributed by atoms with Crippen molar-refractivity contribution >= 4 is 0 Å². The van der Waals surface area contributed by atoms with Crippen molar-refractivity contribution in [3.8, 4) is 0 Å². The largest absolute Gasteiger partial charge is 0.383 e. The third-order valence-electron chi connectivity index (χ3n) is 4.89. The Labute approximate surface area is 133 Å². The molecule has 2 heteroatoms. The summed E-state index contributed by atoms with van der Waals surface area (Å²) in [4.78, 5) is 2.39. The van der Waals surface area contributed by atoms with Crippen LogP contribution in [0.4, 0.5) is 0 Å². The molecule has 0 bridgehead atoms. The molecule has 1 saturated carbocycles. The van der Waals surface area contributed by atoms with E-state index < -0.39 is 0 Å². The highest BCUT2D eigenvalue weighted by Crippen LogP contribution is 2.58. The van der Waals surface area contributed by atoms with Gasteiger partial charge in [0.05, 0.1) is 6.61 Å². The summed E-state index contributed by atoms with van der Waals surface area (Å²) in [5, 5.41) is 0. The molecule has 1 fully saturated rings. The lowest BCUT2D eigenvalue weighted by Crippen LogP contribution is -2.27. The van der Waals surface area contributed by atoms with Gasteiger partial charge in [0.1, 0.15) is 0 Å². The van der Waals surface area contributed by atoms with Gasteiger partial charge >= 0.3 is 0 Å². The summed E-state index contributed by atoms with van der Waals surface area (Å²) in [6.45, 7) is 2.91. The van der Waals surface area contributed by atoms with E-state index in [2.05, 4.69) is 72.6 Å². The summed E-state index contributed by atoms with van der Waals surface area (Å²) < 4.78 is 5.19. The number of methoxy groups -OCH3 is 1. The van der Waals surface area contributed by atoms with E-state index in [1.807, 2.05) is 0 Å².